The number of hydrogen-bond acceptors (Lipinski definition) is 4. The van der Waals surface area contributed by atoms with Crippen molar-refractivity contribution in [2.24, 2.45) is 5.92 Å². The van der Waals surface area contributed by atoms with Gasteiger partial charge < -0.3 is 10.1 Å². The molecule has 0 saturated heterocycles. The number of nitrogens with one attached hydrogen (secondary N) is 1. The molecule has 0 radical (unpaired) electrons. The first kappa shape index (κ1) is 13.6. The second kappa shape index (κ2) is 5.91. The lowest BCUT2D eigenvalue weighted by atomic mass is 9.81. The molecule has 1 atom stereocenters. The van der Waals surface area contributed by atoms with Crippen LogP contribution in [0.5, 0.6) is 5.75 Å². The smallest absolute Gasteiger partial charge is 0.273 e. The summed E-state index contributed by atoms with van der Waals surface area (Å²) in [5.41, 5.74) is 0.869. The van der Waals surface area contributed by atoms with Crippen molar-refractivity contribution in [1.29, 1.82) is 0 Å². The van der Waals surface area contributed by atoms with Gasteiger partial charge in [-0.1, -0.05) is 19.3 Å². The standard InChI is InChI=1S/C14H20N2O3/c1-10(8-11-4-3-5-11)15-13-7-6-12(16(17)18)9-14(13)19-2/h6-7,9-11,15H,3-5,8H2,1-2H3. The summed E-state index contributed by atoms with van der Waals surface area (Å²) >= 11 is 0. The molecule has 1 aliphatic rings. The minimum absolute atomic E-state index is 0.0500. The quantitative estimate of drug-likeness (QED) is 0.630. The summed E-state index contributed by atoms with van der Waals surface area (Å²) < 4.78 is 5.22. The van der Waals surface area contributed by atoms with E-state index in [4.69, 9.17) is 4.74 Å². The van der Waals surface area contributed by atoms with E-state index in [1.54, 1.807) is 6.07 Å². The number of ether oxygens (including phenoxy) is 1. The number of nitro benzene ring substituents is 1. The van der Waals surface area contributed by atoms with Crippen molar-refractivity contribution >= 4 is 11.4 Å². The number of anilines is 1. The van der Waals surface area contributed by atoms with Crippen LogP contribution in [0.15, 0.2) is 18.2 Å². The Morgan fingerprint density at radius 3 is 2.79 bits per heavy atom. The minimum atomic E-state index is -0.413. The van der Waals surface area contributed by atoms with E-state index < -0.39 is 4.92 Å². The zero-order valence-corrected chi connectivity index (χ0v) is 11.4. The highest BCUT2D eigenvalue weighted by molar-refractivity contribution is 5.61. The molecular weight excluding hydrogens is 244 g/mol. The van der Waals surface area contributed by atoms with Gasteiger partial charge >= 0.3 is 0 Å². The van der Waals surface area contributed by atoms with Crippen LogP contribution < -0.4 is 10.1 Å². The molecule has 1 saturated carbocycles. The Balaban J connectivity index is 2.03. The number of methoxy groups -OCH3 is 1. The number of nitro groups is 1. The van der Waals surface area contributed by atoms with Crippen molar-refractivity contribution < 1.29 is 9.66 Å². The van der Waals surface area contributed by atoms with Crippen LogP contribution in [0.1, 0.15) is 32.6 Å². The van der Waals surface area contributed by atoms with Crippen LogP contribution in [0.25, 0.3) is 0 Å². The molecule has 0 aromatic heterocycles. The van der Waals surface area contributed by atoms with Crippen LogP contribution in [0, 0.1) is 16.0 Å². The fourth-order valence-electron chi connectivity index (χ4n) is 2.47. The van der Waals surface area contributed by atoms with Crippen LogP contribution in [-0.4, -0.2) is 18.1 Å². The van der Waals surface area contributed by atoms with E-state index in [2.05, 4.69) is 12.2 Å². The highest BCUT2D eigenvalue weighted by Gasteiger charge is 2.20. The topological polar surface area (TPSA) is 64.4 Å². The van der Waals surface area contributed by atoms with Crippen LogP contribution in [0.2, 0.25) is 0 Å². The van der Waals surface area contributed by atoms with Crippen molar-refractivity contribution in [3.8, 4) is 5.75 Å². The van der Waals surface area contributed by atoms with Gasteiger partial charge in [0.15, 0.2) is 0 Å². The van der Waals surface area contributed by atoms with Gasteiger partial charge in [0.2, 0.25) is 0 Å². The Bertz CT molecular complexity index is 458. The summed E-state index contributed by atoms with van der Waals surface area (Å²) in [6, 6.07) is 5.02. The van der Waals surface area contributed by atoms with Gasteiger partial charge in [0.05, 0.1) is 23.8 Å². The van der Waals surface area contributed by atoms with Crippen molar-refractivity contribution in [1.82, 2.24) is 0 Å². The van der Waals surface area contributed by atoms with E-state index in [-0.39, 0.29) is 5.69 Å². The van der Waals surface area contributed by atoms with Gasteiger partial charge in [-0.25, -0.2) is 0 Å². The highest BCUT2D eigenvalue weighted by atomic mass is 16.6. The lowest BCUT2D eigenvalue weighted by molar-refractivity contribution is -0.384. The molecule has 1 aromatic carbocycles. The van der Waals surface area contributed by atoms with Crippen molar-refractivity contribution in [3.63, 3.8) is 0 Å². The molecule has 0 spiro atoms. The van der Waals surface area contributed by atoms with Gasteiger partial charge in [-0.15, -0.1) is 0 Å². The normalized spacial score (nSPS) is 16.5. The Morgan fingerprint density at radius 1 is 1.53 bits per heavy atom. The predicted molar refractivity (Wildman–Crippen MR) is 74.7 cm³/mol. The molecule has 0 aliphatic heterocycles. The number of rotatable bonds is 6. The molecule has 2 rings (SSSR count). The maximum atomic E-state index is 10.7. The molecule has 1 N–H and O–H groups in total. The van der Waals surface area contributed by atoms with Crippen LogP contribution in [0.4, 0.5) is 11.4 Å². The van der Waals surface area contributed by atoms with E-state index in [9.17, 15) is 10.1 Å². The van der Waals surface area contributed by atoms with Crippen molar-refractivity contribution in [2.75, 3.05) is 12.4 Å². The first-order valence-corrected chi connectivity index (χ1v) is 6.69. The van der Waals surface area contributed by atoms with Crippen molar-refractivity contribution in [3.05, 3.63) is 28.3 Å². The zero-order valence-electron chi connectivity index (χ0n) is 11.4. The third kappa shape index (κ3) is 3.36. The molecule has 1 aromatic rings. The molecule has 0 amide bonds. The maximum absolute atomic E-state index is 10.7. The summed E-state index contributed by atoms with van der Waals surface area (Å²) in [7, 11) is 1.53. The summed E-state index contributed by atoms with van der Waals surface area (Å²) in [6.07, 6.45) is 5.13. The summed E-state index contributed by atoms with van der Waals surface area (Å²) in [4.78, 5) is 10.3. The van der Waals surface area contributed by atoms with Gasteiger partial charge in [0.25, 0.3) is 5.69 Å². The van der Waals surface area contributed by atoms with E-state index in [0.29, 0.717) is 11.8 Å². The lowest BCUT2D eigenvalue weighted by Crippen LogP contribution is -2.23. The molecule has 0 heterocycles. The molecule has 1 fully saturated rings. The molecule has 0 bridgehead atoms. The second-order valence-electron chi connectivity index (χ2n) is 5.22. The number of benzene rings is 1. The SMILES string of the molecule is COc1cc([N+](=O)[O-])ccc1NC(C)CC1CCC1. The van der Waals surface area contributed by atoms with E-state index >= 15 is 0 Å². The fourth-order valence-corrected chi connectivity index (χ4v) is 2.47. The molecule has 1 unspecified atom stereocenters. The first-order chi connectivity index (χ1) is 9.10. The number of non-ortho nitro benzene ring substituents is 1. The lowest BCUT2D eigenvalue weighted by Gasteiger charge is -2.29. The first-order valence-electron chi connectivity index (χ1n) is 6.69. The Labute approximate surface area is 113 Å². The van der Waals surface area contributed by atoms with Crippen LogP contribution in [0.3, 0.4) is 0 Å². The van der Waals surface area contributed by atoms with Gasteiger partial charge in [-0.05, 0) is 25.3 Å². The largest absolute Gasteiger partial charge is 0.494 e. The van der Waals surface area contributed by atoms with E-state index in [0.717, 1.165) is 18.0 Å². The Kier molecular flexibility index (Phi) is 4.24. The highest BCUT2D eigenvalue weighted by Crippen LogP contribution is 2.33. The number of hydrogen-bond donors (Lipinski definition) is 1. The Hall–Kier alpha value is -1.78. The van der Waals surface area contributed by atoms with E-state index in [1.807, 2.05) is 0 Å². The minimum Gasteiger partial charge on any atom is -0.494 e. The third-order valence-electron chi connectivity index (χ3n) is 3.71. The van der Waals surface area contributed by atoms with E-state index in [1.165, 1.54) is 38.5 Å². The molecular formula is C14H20N2O3. The molecule has 1 aliphatic carbocycles. The average molecular weight is 264 g/mol. The van der Waals surface area contributed by atoms with Gasteiger partial charge in [0, 0.05) is 12.1 Å². The second-order valence-corrected chi connectivity index (χ2v) is 5.22. The summed E-state index contributed by atoms with van der Waals surface area (Å²) in [6.45, 7) is 2.14. The predicted octanol–water partition coefficient (Wildman–Crippen LogP) is 3.59. The van der Waals surface area contributed by atoms with Crippen LogP contribution >= 0.6 is 0 Å². The molecule has 5 heteroatoms. The third-order valence-corrected chi connectivity index (χ3v) is 3.71. The van der Waals surface area contributed by atoms with Crippen molar-refractivity contribution in [2.45, 2.75) is 38.6 Å². The summed E-state index contributed by atoms with van der Waals surface area (Å²) in [5, 5.41) is 14.1. The molecule has 104 valence electrons. The van der Waals surface area contributed by atoms with Crippen LogP contribution in [-0.2, 0) is 0 Å². The fraction of sp³-hybridized carbons (Fsp3) is 0.571. The Morgan fingerprint density at radius 2 is 2.26 bits per heavy atom. The number of nitrogens with zero attached hydrogens (tertiary/aromatic N) is 1. The summed E-state index contributed by atoms with van der Waals surface area (Å²) in [5.74, 6) is 1.35. The molecule has 19 heavy (non-hydrogen) atoms. The van der Waals surface area contributed by atoms with Gasteiger partial charge in [-0.2, -0.15) is 0 Å². The monoisotopic (exact) mass is 264 g/mol. The average Bonchev–Trinajstić information content (AvgIpc) is 2.34. The molecule has 5 nitrogen and oxygen atoms in total. The maximum Gasteiger partial charge on any atom is 0.273 e. The zero-order chi connectivity index (χ0) is 13.8. The van der Waals surface area contributed by atoms with Gasteiger partial charge in [-0.3, -0.25) is 10.1 Å². The van der Waals surface area contributed by atoms with Gasteiger partial charge in [0.1, 0.15) is 5.75 Å².